The summed E-state index contributed by atoms with van der Waals surface area (Å²) in [6.45, 7) is 6.96. The standard InChI is InChI=1S/C10H23NO4/c1-10(2,14-8-6-12-3)15-9-7-13-5-4-11/h4-9,11H2,1-3H3. The first kappa shape index (κ1) is 14.8. The first-order chi connectivity index (χ1) is 7.12. The Morgan fingerprint density at radius 1 is 0.933 bits per heavy atom. The van der Waals surface area contributed by atoms with E-state index in [1.165, 1.54) is 0 Å². The van der Waals surface area contributed by atoms with Crippen molar-refractivity contribution in [2.45, 2.75) is 19.6 Å². The first-order valence-corrected chi connectivity index (χ1v) is 5.17. The van der Waals surface area contributed by atoms with Crippen LogP contribution in [0.3, 0.4) is 0 Å². The van der Waals surface area contributed by atoms with Gasteiger partial charge in [-0.1, -0.05) is 0 Å². The van der Waals surface area contributed by atoms with Crippen LogP contribution in [0.15, 0.2) is 0 Å². The lowest BCUT2D eigenvalue weighted by Crippen LogP contribution is -2.31. The van der Waals surface area contributed by atoms with Crippen LogP contribution < -0.4 is 5.73 Å². The molecular formula is C10H23NO4. The molecule has 0 rings (SSSR count). The molecule has 0 fully saturated rings. The van der Waals surface area contributed by atoms with Crippen LogP contribution in [-0.2, 0) is 18.9 Å². The Bertz CT molecular complexity index is 141. The van der Waals surface area contributed by atoms with Gasteiger partial charge in [-0.3, -0.25) is 0 Å². The van der Waals surface area contributed by atoms with E-state index in [2.05, 4.69) is 0 Å². The van der Waals surface area contributed by atoms with Gasteiger partial charge < -0.3 is 24.7 Å². The van der Waals surface area contributed by atoms with Crippen molar-refractivity contribution in [3.05, 3.63) is 0 Å². The van der Waals surface area contributed by atoms with E-state index >= 15 is 0 Å². The second-order valence-electron chi connectivity index (χ2n) is 3.49. The molecule has 0 aliphatic rings. The minimum atomic E-state index is -0.593. The van der Waals surface area contributed by atoms with Crippen LogP contribution in [0.4, 0.5) is 0 Å². The van der Waals surface area contributed by atoms with E-state index in [4.69, 9.17) is 24.7 Å². The van der Waals surface area contributed by atoms with Gasteiger partial charge in [-0.05, 0) is 13.8 Å². The summed E-state index contributed by atoms with van der Waals surface area (Å²) in [5, 5.41) is 0. The minimum absolute atomic E-state index is 0.500. The van der Waals surface area contributed by atoms with Crippen molar-refractivity contribution >= 4 is 0 Å². The normalized spacial score (nSPS) is 12.0. The second-order valence-corrected chi connectivity index (χ2v) is 3.49. The van der Waals surface area contributed by atoms with Gasteiger partial charge in [-0.15, -0.1) is 0 Å². The fraction of sp³-hybridized carbons (Fsp3) is 1.00. The number of methoxy groups -OCH3 is 1. The summed E-state index contributed by atoms with van der Waals surface area (Å²) < 4.78 is 21.0. The SMILES string of the molecule is COCCOC(C)(C)OCCOCCN. The highest BCUT2D eigenvalue weighted by Gasteiger charge is 2.17. The fourth-order valence-corrected chi connectivity index (χ4v) is 0.944. The van der Waals surface area contributed by atoms with Crippen molar-refractivity contribution < 1.29 is 18.9 Å². The quantitative estimate of drug-likeness (QED) is 0.427. The average molecular weight is 221 g/mol. The van der Waals surface area contributed by atoms with Crippen LogP contribution in [-0.4, -0.2) is 52.5 Å². The molecule has 0 radical (unpaired) electrons. The number of nitrogens with two attached hydrogens (primary N) is 1. The van der Waals surface area contributed by atoms with E-state index in [1.54, 1.807) is 7.11 Å². The van der Waals surface area contributed by atoms with E-state index in [0.29, 0.717) is 39.6 Å². The first-order valence-electron chi connectivity index (χ1n) is 5.17. The molecule has 2 N–H and O–H groups in total. The van der Waals surface area contributed by atoms with Crippen molar-refractivity contribution in [2.24, 2.45) is 5.73 Å². The molecule has 0 saturated heterocycles. The van der Waals surface area contributed by atoms with Gasteiger partial charge in [0.2, 0.25) is 0 Å². The average Bonchev–Trinajstić information content (AvgIpc) is 2.17. The Labute approximate surface area is 91.8 Å². The topological polar surface area (TPSA) is 62.9 Å². The van der Waals surface area contributed by atoms with E-state index in [1.807, 2.05) is 13.8 Å². The summed E-state index contributed by atoms with van der Waals surface area (Å²) in [5.41, 5.74) is 5.27. The Hall–Kier alpha value is -0.200. The zero-order chi connectivity index (χ0) is 11.6. The van der Waals surface area contributed by atoms with Gasteiger partial charge in [0.1, 0.15) is 0 Å². The van der Waals surface area contributed by atoms with Gasteiger partial charge in [0, 0.05) is 13.7 Å². The summed E-state index contributed by atoms with van der Waals surface area (Å²) >= 11 is 0. The van der Waals surface area contributed by atoms with E-state index in [-0.39, 0.29) is 0 Å². The lowest BCUT2D eigenvalue weighted by Gasteiger charge is -2.25. The van der Waals surface area contributed by atoms with Gasteiger partial charge >= 0.3 is 0 Å². The largest absolute Gasteiger partial charge is 0.382 e. The van der Waals surface area contributed by atoms with Gasteiger partial charge in [0.25, 0.3) is 0 Å². The maximum Gasteiger partial charge on any atom is 0.162 e. The van der Waals surface area contributed by atoms with Crippen LogP contribution in [0.2, 0.25) is 0 Å². The number of hydrogen-bond acceptors (Lipinski definition) is 5. The van der Waals surface area contributed by atoms with Crippen LogP contribution in [0, 0.1) is 0 Å². The molecule has 15 heavy (non-hydrogen) atoms. The smallest absolute Gasteiger partial charge is 0.162 e. The molecule has 0 heterocycles. The molecule has 0 bridgehead atoms. The van der Waals surface area contributed by atoms with Crippen molar-refractivity contribution in [3.8, 4) is 0 Å². The molecule has 0 amide bonds. The maximum atomic E-state index is 5.48. The molecule has 0 aromatic carbocycles. The highest BCUT2D eigenvalue weighted by atomic mass is 16.7. The molecule has 0 atom stereocenters. The number of hydrogen-bond donors (Lipinski definition) is 1. The lowest BCUT2D eigenvalue weighted by molar-refractivity contribution is -0.222. The van der Waals surface area contributed by atoms with Gasteiger partial charge in [0.05, 0.1) is 33.0 Å². The Morgan fingerprint density at radius 2 is 1.53 bits per heavy atom. The van der Waals surface area contributed by atoms with Gasteiger partial charge in [-0.2, -0.15) is 0 Å². The van der Waals surface area contributed by atoms with Crippen LogP contribution in [0.25, 0.3) is 0 Å². The van der Waals surface area contributed by atoms with E-state index in [9.17, 15) is 0 Å². The van der Waals surface area contributed by atoms with Crippen LogP contribution in [0.5, 0.6) is 0 Å². The molecule has 0 unspecified atom stereocenters. The third-order valence-electron chi connectivity index (χ3n) is 1.68. The molecule has 0 aromatic rings. The Morgan fingerprint density at radius 3 is 2.07 bits per heavy atom. The Kier molecular flexibility index (Phi) is 8.94. The van der Waals surface area contributed by atoms with Gasteiger partial charge in [-0.25, -0.2) is 0 Å². The van der Waals surface area contributed by atoms with Crippen molar-refractivity contribution in [1.82, 2.24) is 0 Å². The molecule has 0 aromatic heterocycles. The third kappa shape index (κ3) is 10.1. The van der Waals surface area contributed by atoms with Crippen molar-refractivity contribution in [1.29, 1.82) is 0 Å². The third-order valence-corrected chi connectivity index (χ3v) is 1.68. The summed E-state index contributed by atoms with van der Waals surface area (Å²) in [4.78, 5) is 0. The molecular weight excluding hydrogens is 198 g/mol. The zero-order valence-electron chi connectivity index (χ0n) is 9.95. The van der Waals surface area contributed by atoms with E-state index < -0.39 is 5.79 Å². The second kappa shape index (κ2) is 9.06. The predicted molar refractivity (Wildman–Crippen MR) is 57.7 cm³/mol. The molecule has 0 aliphatic carbocycles. The fourth-order valence-electron chi connectivity index (χ4n) is 0.944. The summed E-state index contributed by atoms with van der Waals surface area (Å²) in [5.74, 6) is -0.593. The molecule has 5 heteroatoms. The minimum Gasteiger partial charge on any atom is -0.382 e. The Balaban J connectivity index is 3.38. The lowest BCUT2D eigenvalue weighted by atomic mass is 10.4. The molecule has 0 aliphatic heterocycles. The number of ether oxygens (including phenoxy) is 4. The highest BCUT2D eigenvalue weighted by molar-refractivity contribution is 4.53. The number of rotatable bonds is 10. The highest BCUT2D eigenvalue weighted by Crippen LogP contribution is 2.10. The van der Waals surface area contributed by atoms with Crippen molar-refractivity contribution in [2.75, 3.05) is 46.7 Å². The monoisotopic (exact) mass is 221 g/mol. The van der Waals surface area contributed by atoms with Crippen LogP contribution in [0.1, 0.15) is 13.8 Å². The van der Waals surface area contributed by atoms with Gasteiger partial charge in [0.15, 0.2) is 5.79 Å². The molecule has 5 nitrogen and oxygen atoms in total. The molecule has 0 spiro atoms. The predicted octanol–water partition coefficient (Wildman–Crippen LogP) is 0.377. The zero-order valence-corrected chi connectivity index (χ0v) is 9.95. The molecule has 92 valence electrons. The summed E-state index contributed by atoms with van der Waals surface area (Å²) in [7, 11) is 1.64. The van der Waals surface area contributed by atoms with Crippen molar-refractivity contribution in [3.63, 3.8) is 0 Å². The van der Waals surface area contributed by atoms with Crippen LogP contribution >= 0.6 is 0 Å². The van der Waals surface area contributed by atoms with E-state index in [0.717, 1.165) is 0 Å². The summed E-state index contributed by atoms with van der Waals surface area (Å²) in [6, 6.07) is 0. The summed E-state index contributed by atoms with van der Waals surface area (Å²) in [6.07, 6.45) is 0. The maximum absolute atomic E-state index is 5.48. The molecule has 0 saturated carbocycles.